The number of benzene rings is 1. The minimum absolute atomic E-state index is 0.254. The molecule has 0 spiro atoms. The van der Waals surface area contributed by atoms with Crippen LogP contribution in [0.15, 0.2) is 47.6 Å². The fourth-order valence-corrected chi connectivity index (χ4v) is 1.75. The van der Waals surface area contributed by atoms with E-state index in [1.165, 1.54) is 24.3 Å². The molecule has 1 aromatic rings. The number of carbonyl (C=O) groups is 4. The van der Waals surface area contributed by atoms with E-state index in [1.54, 1.807) is 13.8 Å². The van der Waals surface area contributed by atoms with Gasteiger partial charge in [-0.2, -0.15) is 0 Å². The van der Waals surface area contributed by atoms with Gasteiger partial charge in [0, 0.05) is 11.1 Å². The molecule has 0 saturated heterocycles. The van der Waals surface area contributed by atoms with Crippen LogP contribution in [0, 0.1) is 0 Å². The molecule has 1 aromatic carbocycles. The number of esters is 2. The predicted octanol–water partition coefficient (Wildman–Crippen LogP) is 2.57. The normalized spacial score (nSPS) is 11.6. The third kappa shape index (κ3) is 5.64. The first-order valence-electron chi connectivity index (χ1n) is 7.38. The highest BCUT2D eigenvalue weighted by molar-refractivity contribution is 5.94. The number of hydrogen-bond donors (Lipinski definition) is 0. The summed E-state index contributed by atoms with van der Waals surface area (Å²) in [5.74, 6) is -0.721. The highest BCUT2D eigenvalue weighted by atomic mass is 16.5. The summed E-state index contributed by atoms with van der Waals surface area (Å²) in [5, 5.41) is 0. The summed E-state index contributed by atoms with van der Waals surface area (Å²) in [4.78, 5) is 44.5. The topological polar surface area (TPSA) is 86.7 Å². The van der Waals surface area contributed by atoms with Gasteiger partial charge in [-0.3, -0.25) is 9.59 Å². The van der Waals surface area contributed by atoms with Crippen molar-refractivity contribution in [3.05, 3.63) is 47.6 Å². The van der Waals surface area contributed by atoms with Crippen LogP contribution in [0.3, 0.4) is 0 Å². The molecule has 0 bridgehead atoms. The molecule has 0 atom stereocenters. The maximum atomic E-state index is 11.8. The Hall–Kier alpha value is -3.02. The fourth-order valence-electron chi connectivity index (χ4n) is 1.75. The van der Waals surface area contributed by atoms with Gasteiger partial charge in [0.1, 0.15) is 24.1 Å². The van der Waals surface area contributed by atoms with Crippen molar-refractivity contribution in [1.82, 2.24) is 0 Å². The average molecular weight is 330 g/mol. The van der Waals surface area contributed by atoms with Gasteiger partial charge in [-0.1, -0.05) is 13.8 Å². The first-order chi connectivity index (χ1) is 11.5. The molecule has 0 aromatic heterocycles. The summed E-state index contributed by atoms with van der Waals surface area (Å²) in [6.07, 6.45) is 4.11. The van der Waals surface area contributed by atoms with Gasteiger partial charge < -0.3 is 9.47 Å². The van der Waals surface area contributed by atoms with Crippen molar-refractivity contribution in [2.24, 2.45) is 0 Å². The van der Waals surface area contributed by atoms with E-state index in [-0.39, 0.29) is 22.6 Å². The Morgan fingerprint density at radius 2 is 1.12 bits per heavy atom. The zero-order chi connectivity index (χ0) is 17.9. The largest absolute Gasteiger partial charge is 0.423 e. The van der Waals surface area contributed by atoms with Gasteiger partial charge in [-0.05, 0) is 49.3 Å². The van der Waals surface area contributed by atoms with Crippen LogP contribution in [-0.2, 0) is 19.2 Å². The molecule has 0 radical (unpaired) electrons. The number of hydrogen-bond acceptors (Lipinski definition) is 6. The Balaban J connectivity index is 2.76. The molecular weight excluding hydrogens is 312 g/mol. The lowest BCUT2D eigenvalue weighted by Gasteiger charge is -2.08. The van der Waals surface area contributed by atoms with Crippen LogP contribution in [0.2, 0.25) is 0 Å². The van der Waals surface area contributed by atoms with E-state index >= 15 is 0 Å². The number of rotatable bonds is 8. The van der Waals surface area contributed by atoms with Crippen molar-refractivity contribution in [2.75, 3.05) is 0 Å². The van der Waals surface area contributed by atoms with Crippen LogP contribution in [0.4, 0.5) is 0 Å². The zero-order valence-electron chi connectivity index (χ0n) is 13.5. The molecule has 0 fully saturated rings. The summed E-state index contributed by atoms with van der Waals surface area (Å²) >= 11 is 0. The smallest absolute Gasteiger partial charge is 0.339 e. The highest BCUT2D eigenvalue weighted by Crippen LogP contribution is 2.20. The van der Waals surface area contributed by atoms with E-state index in [0.29, 0.717) is 25.4 Å². The standard InChI is InChI=1S/C18H18O6/c1-3-13(9-11-19)17(21)23-15-5-7-16(8-6-15)24-18(22)14(4-2)10-12-20/h5-12H,3-4H2,1-2H3. The molecule has 0 aliphatic rings. The quantitative estimate of drug-likeness (QED) is 0.315. The van der Waals surface area contributed by atoms with Crippen molar-refractivity contribution in [1.29, 1.82) is 0 Å². The molecule has 0 N–H and O–H groups in total. The van der Waals surface area contributed by atoms with Crippen LogP contribution >= 0.6 is 0 Å². The van der Waals surface area contributed by atoms with Crippen molar-refractivity contribution >= 4 is 24.5 Å². The highest BCUT2D eigenvalue weighted by Gasteiger charge is 2.12. The molecule has 0 aliphatic heterocycles. The second-order valence-electron chi connectivity index (χ2n) is 4.61. The zero-order valence-corrected chi connectivity index (χ0v) is 13.5. The molecule has 6 heteroatoms. The fraction of sp³-hybridized carbons (Fsp3) is 0.222. The summed E-state index contributed by atoms with van der Waals surface area (Å²) in [7, 11) is 0. The van der Waals surface area contributed by atoms with E-state index in [0.717, 1.165) is 12.2 Å². The third-order valence-electron chi connectivity index (χ3n) is 3.07. The van der Waals surface area contributed by atoms with Crippen LogP contribution < -0.4 is 9.47 Å². The maximum Gasteiger partial charge on any atom is 0.339 e. The van der Waals surface area contributed by atoms with Crippen LogP contribution in [-0.4, -0.2) is 24.5 Å². The number of allylic oxidation sites excluding steroid dienone is 2. The lowest BCUT2D eigenvalue weighted by atomic mass is 10.2. The van der Waals surface area contributed by atoms with Gasteiger partial charge in [-0.25, -0.2) is 9.59 Å². The van der Waals surface area contributed by atoms with Crippen molar-refractivity contribution in [3.63, 3.8) is 0 Å². The van der Waals surface area contributed by atoms with Gasteiger partial charge in [-0.15, -0.1) is 0 Å². The monoisotopic (exact) mass is 330 g/mol. The average Bonchev–Trinajstić information content (AvgIpc) is 2.58. The minimum Gasteiger partial charge on any atom is -0.423 e. The van der Waals surface area contributed by atoms with Gasteiger partial charge in [0.15, 0.2) is 0 Å². The summed E-state index contributed by atoms with van der Waals surface area (Å²) in [6.45, 7) is 3.47. The van der Waals surface area contributed by atoms with E-state index in [4.69, 9.17) is 9.47 Å². The van der Waals surface area contributed by atoms with Crippen LogP contribution in [0.1, 0.15) is 26.7 Å². The lowest BCUT2D eigenvalue weighted by molar-refractivity contribution is -0.131. The Morgan fingerprint density at radius 3 is 1.38 bits per heavy atom. The van der Waals surface area contributed by atoms with Gasteiger partial charge >= 0.3 is 11.9 Å². The first kappa shape index (κ1) is 19.0. The Morgan fingerprint density at radius 1 is 0.792 bits per heavy atom. The molecule has 0 saturated carbocycles. The molecule has 24 heavy (non-hydrogen) atoms. The van der Waals surface area contributed by atoms with Crippen molar-refractivity contribution in [3.8, 4) is 11.5 Å². The third-order valence-corrected chi connectivity index (χ3v) is 3.07. The van der Waals surface area contributed by atoms with Crippen LogP contribution in [0.25, 0.3) is 0 Å². The number of carbonyl (C=O) groups excluding carboxylic acids is 4. The molecule has 0 amide bonds. The summed E-state index contributed by atoms with van der Waals surface area (Å²) in [6, 6.07) is 5.85. The van der Waals surface area contributed by atoms with Gasteiger partial charge in [0.05, 0.1) is 0 Å². The Labute approximate surface area is 139 Å². The van der Waals surface area contributed by atoms with E-state index in [2.05, 4.69) is 0 Å². The Bertz CT molecular complexity index is 608. The van der Waals surface area contributed by atoms with E-state index in [9.17, 15) is 19.2 Å². The van der Waals surface area contributed by atoms with Crippen molar-refractivity contribution in [2.45, 2.75) is 26.7 Å². The van der Waals surface area contributed by atoms with E-state index in [1.807, 2.05) is 0 Å². The van der Waals surface area contributed by atoms with Gasteiger partial charge in [0.2, 0.25) is 0 Å². The predicted molar refractivity (Wildman–Crippen MR) is 86.6 cm³/mol. The second-order valence-corrected chi connectivity index (χ2v) is 4.61. The SMILES string of the molecule is CCC(=CC=O)C(=O)Oc1ccc(OC(=O)C(=CC=O)CC)cc1. The lowest BCUT2D eigenvalue weighted by Crippen LogP contribution is -2.12. The molecule has 1 rings (SSSR count). The molecule has 0 unspecified atom stereocenters. The van der Waals surface area contributed by atoms with E-state index < -0.39 is 11.9 Å². The molecule has 126 valence electrons. The molecule has 0 heterocycles. The maximum absolute atomic E-state index is 11.8. The number of ether oxygens (including phenoxy) is 2. The minimum atomic E-state index is -0.614. The second kappa shape index (κ2) is 9.89. The Kier molecular flexibility index (Phi) is 7.84. The summed E-state index contributed by atoms with van der Waals surface area (Å²) in [5.41, 5.74) is 0.513. The molecule has 6 nitrogen and oxygen atoms in total. The van der Waals surface area contributed by atoms with Crippen LogP contribution in [0.5, 0.6) is 11.5 Å². The molecule has 0 aliphatic carbocycles. The first-order valence-corrected chi connectivity index (χ1v) is 7.38. The summed E-state index contributed by atoms with van der Waals surface area (Å²) < 4.78 is 10.2. The van der Waals surface area contributed by atoms with Gasteiger partial charge in [0.25, 0.3) is 0 Å². The van der Waals surface area contributed by atoms with Crippen molar-refractivity contribution < 1.29 is 28.7 Å². The molecular formula is C18H18O6. The number of aldehydes is 2.